The summed E-state index contributed by atoms with van der Waals surface area (Å²) in [7, 11) is -2.41. The Kier molecular flexibility index (Phi) is 7.84. The molecule has 178 valence electrons. The number of nitrogens with zero attached hydrogens (tertiary/aromatic N) is 3. The van der Waals surface area contributed by atoms with Crippen LogP contribution in [0.15, 0.2) is 48.5 Å². The standard InChI is InChI=1S/C21H25N3O8S/c1-31-21-13-17(24(27)28)7-8-20(21)32-18-9-11-22(12-10-18)33(29,30)14-19(23(26)15-25)16-5-3-2-4-6-16/h2-8,13,15,18-19,26H,9-12,14H2,1H3. The van der Waals surface area contributed by atoms with Gasteiger partial charge in [0.05, 0.1) is 29.9 Å². The summed E-state index contributed by atoms with van der Waals surface area (Å²) >= 11 is 0. The number of hydrogen-bond donors (Lipinski definition) is 1. The van der Waals surface area contributed by atoms with Gasteiger partial charge in [-0.1, -0.05) is 30.3 Å². The molecule has 0 aromatic heterocycles. The van der Waals surface area contributed by atoms with Crippen LogP contribution in [0.25, 0.3) is 0 Å². The molecule has 1 amide bonds. The molecule has 2 aromatic rings. The van der Waals surface area contributed by atoms with Gasteiger partial charge in [0.25, 0.3) is 5.69 Å². The van der Waals surface area contributed by atoms with Crippen LogP contribution in [0.4, 0.5) is 5.69 Å². The number of carbonyl (C=O) groups excluding carboxylic acids is 1. The van der Waals surface area contributed by atoms with E-state index in [2.05, 4.69) is 0 Å². The Hall–Kier alpha value is -3.22. The second-order valence-electron chi connectivity index (χ2n) is 7.50. The minimum absolute atomic E-state index is 0.124. The number of amides is 1. The number of ether oxygens (including phenoxy) is 2. The van der Waals surface area contributed by atoms with Crippen molar-refractivity contribution < 1.29 is 32.8 Å². The van der Waals surface area contributed by atoms with E-state index in [1.165, 1.54) is 29.6 Å². The minimum Gasteiger partial charge on any atom is -0.493 e. The number of carbonyl (C=O) groups is 1. The summed E-state index contributed by atoms with van der Waals surface area (Å²) in [6, 6.07) is 11.4. The van der Waals surface area contributed by atoms with Crippen LogP contribution in [0.5, 0.6) is 11.5 Å². The second kappa shape index (κ2) is 10.6. The number of hydroxylamine groups is 2. The Bertz CT molecular complexity index is 1070. The molecule has 0 bridgehead atoms. The van der Waals surface area contributed by atoms with Crippen molar-refractivity contribution >= 4 is 22.1 Å². The first-order valence-electron chi connectivity index (χ1n) is 10.2. The van der Waals surface area contributed by atoms with Gasteiger partial charge in [-0.05, 0) is 24.5 Å². The van der Waals surface area contributed by atoms with Gasteiger partial charge in [0.2, 0.25) is 16.4 Å². The van der Waals surface area contributed by atoms with Crippen LogP contribution in [0.3, 0.4) is 0 Å². The van der Waals surface area contributed by atoms with Crippen LogP contribution >= 0.6 is 0 Å². The van der Waals surface area contributed by atoms with Crippen molar-refractivity contribution in [1.82, 2.24) is 9.37 Å². The van der Waals surface area contributed by atoms with E-state index in [0.29, 0.717) is 29.2 Å². The van der Waals surface area contributed by atoms with Crippen molar-refractivity contribution in [3.8, 4) is 11.5 Å². The number of rotatable bonds is 10. The van der Waals surface area contributed by atoms with Crippen LogP contribution < -0.4 is 9.47 Å². The molecule has 1 saturated heterocycles. The number of piperidine rings is 1. The Morgan fingerprint density at radius 1 is 1.21 bits per heavy atom. The monoisotopic (exact) mass is 479 g/mol. The molecule has 1 aliphatic heterocycles. The third-order valence-electron chi connectivity index (χ3n) is 5.43. The van der Waals surface area contributed by atoms with Crippen LogP contribution in [0, 0.1) is 10.1 Å². The van der Waals surface area contributed by atoms with Gasteiger partial charge in [0, 0.05) is 19.2 Å². The highest BCUT2D eigenvalue weighted by Crippen LogP contribution is 2.33. The van der Waals surface area contributed by atoms with Gasteiger partial charge in [-0.3, -0.25) is 20.1 Å². The van der Waals surface area contributed by atoms with E-state index in [4.69, 9.17) is 9.47 Å². The van der Waals surface area contributed by atoms with Crippen LogP contribution in [-0.4, -0.2) is 66.4 Å². The second-order valence-corrected chi connectivity index (χ2v) is 9.51. The Morgan fingerprint density at radius 3 is 2.45 bits per heavy atom. The molecule has 1 unspecified atom stereocenters. The number of methoxy groups -OCH3 is 1. The molecule has 1 aliphatic rings. The van der Waals surface area contributed by atoms with Gasteiger partial charge in [0.1, 0.15) is 6.10 Å². The molecule has 1 fully saturated rings. The molecule has 0 saturated carbocycles. The first kappa shape index (κ1) is 24.4. The average Bonchev–Trinajstić information content (AvgIpc) is 2.83. The van der Waals surface area contributed by atoms with Crippen molar-refractivity contribution in [2.75, 3.05) is 26.0 Å². The summed E-state index contributed by atoms with van der Waals surface area (Å²) in [5.74, 6) is 0.103. The predicted molar refractivity (Wildman–Crippen MR) is 118 cm³/mol. The lowest BCUT2D eigenvalue weighted by Crippen LogP contribution is -2.44. The molecule has 0 spiro atoms. The summed E-state index contributed by atoms with van der Waals surface area (Å²) in [5.41, 5.74) is 0.375. The fraction of sp³-hybridized carbons (Fsp3) is 0.381. The molecule has 11 nitrogen and oxygen atoms in total. The van der Waals surface area contributed by atoms with Crippen molar-refractivity contribution in [2.24, 2.45) is 0 Å². The zero-order valence-electron chi connectivity index (χ0n) is 17.9. The molecule has 1 heterocycles. The van der Waals surface area contributed by atoms with Crippen LogP contribution in [0.1, 0.15) is 24.4 Å². The Balaban J connectivity index is 1.65. The summed E-state index contributed by atoms with van der Waals surface area (Å²) < 4.78 is 38.4. The largest absolute Gasteiger partial charge is 0.493 e. The van der Waals surface area contributed by atoms with Crippen molar-refractivity contribution in [1.29, 1.82) is 0 Å². The van der Waals surface area contributed by atoms with Gasteiger partial charge in [0.15, 0.2) is 11.5 Å². The maximum Gasteiger partial charge on any atom is 0.273 e. The van der Waals surface area contributed by atoms with E-state index >= 15 is 0 Å². The zero-order chi connectivity index (χ0) is 24.0. The molecule has 3 rings (SSSR count). The molecule has 0 radical (unpaired) electrons. The molecule has 1 N–H and O–H groups in total. The Labute approximate surface area is 191 Å². The van der Waals surface area contributed by atoms with E-state index in [9.17, 15) is 28.5 Å². The van der Waals surface area contributed by atoms with Crippen molar-refractivity contribution in [3.05, 3.63) is 64.2 Å². The maximum atomic E-state index is 13.0. The molecular formula is C21H25N3O8S. The van der Waals surface area contributed by atoms with E-state index < -0.39 is 26.7 Å². The molecule has 1 atom stereocenters. The van der Waals surface area contributed by atoms with Crippen LogP contribution in [0.2, 0.25) is 0 Å². The van der Waals surface area contributed by atoms with Gasteiger partial charge >= 0.3 is 0 Å². The summed E-state index contributed by atoms with van der Waals surface area (Å²) in [5, 5.41) is 21.3. The number of hydrogen-bond acceptors (Lipinski definition) is 8. The summed E-state index contributed by atoms with van der Waals surface area (Å²) in [4.78, 5) is 21.5. The number of nitro groups is 1. The quantitative estimate of drug-likeness (QED) is 0.237. The summed E-state index contributed by atoms with van der Waals surface area (Å²) in [6.45, 7) is 0.382. The van der Waals surface area contributed by atoms with E-state index in [1.807, 2.05) is 0 Å². The molecule has 33 heavy (non-hydrogen) atoms. The Morgan fingerprint density at radius 2 is 1.88 bits per heavy atom. The lowest BCUT2D eigenvalue weighted by Gasteiger charge is -2.33. The predicted octanol–water partition coefficient (Wildman–Crippen LogP) is 2.37. The number of benzene rings is 2. The zero-order valence-corrected chi connectivity index (χ0v) is 18.8. The van der Waals surface area contributed by atoms with Gasteiger partial charge in [-0.15, -0.1) is 0 Å². The molecule has 12 heteroatoms. The highest BCUT2D eigenvalue weighted by Gasteiger charge is 2.33. The average molecular weight is 480 g/mol. The van der Waals surface area contributed by atoms with E-state index in [1.54, 1.807) is 30.3 Å². The van der Waals surface area contributed by atoms with Crippen LogP contribution in [-0.2, 0) is 14.8 Å². The lowest BCUT2D eigenvalue weighted by atomic mass is 10.1. The van der Waals surface area contributed by atoms with Crippen molar-refractivity contribution in [2.45, 2.75) is 25.0 Å². The van der Waals surface area contributed by atoms with Gasteiger partial charge < -0.3 is 9.47 Å². The van der Waals surface area contributed by atoms with E-state index in [0.717, 1.165) is 0 Å². The number of sulfonamides is 1. The fourth-order valence-corrected chi connectivity index (χ4v) is 5.38. The highest BCUT2D eigenvalue weighted by atomic mass is 32.2. The van der Waals surface area contributed by atoms with Gasteiger partial charge in [-0.25, -0.2) is 17.8 Å². The topological polar surface area (TPSA) is 140 Å². The molecule has 0 aliphatic carbocycles. The van der Waals surface area contributed by atoms with Crippen molar-refractivity contribution in [3.63, 3.8) is 0 Å². The molecule has 2 aromatic carbocycles. The first-order chi connectivity index (χ1) is 15.7. The number of nitro benzene ring substituents is 1. The number of non-ortho nitro benzene ring substituents is 1. The minimum atomic E-state index is -3.79. The van der Waals surface area contributed by atoms with E-state index in [-0.39, 0.29) is 37.0 Å². The highest BCUT2D eigenvalue weighted by molar-refractivity contribution is 7.89. The maximum absolute atomic E-state index is 13.0. The summed E-state index contributed by atoms with van der Waals surface area (Å²) in [6.07, 6.45) is 0.670. The third kappa shape index (κ3) is 5.97. The molecular weight excluding hydrogens is 454 g/mol. The first-order valence-corrected chi connectivity index (χ1v) is 11.8. The SMILES string of the molecule is COc1cc([N+](=O)[O-])ccc1OC1CCN(S(=O)(=O)CC(c2ccccc2)N(O)C=O)CC1. The normalized spacial score (nSPS) is 16.1. The fourth-order valence-electron chi connectivity index (χ4n) is 3.65. The lowest BCUT2D eigenvalue weighted by molar-refractivity contribution is -0.385. The smallest absolute Gasteiger partial charge is 0.273 e. The van der Waals surface area contributed by atoms with Gasteiger partial charge in [-0.2, -0.15) is 0 Å². The third-order valence-corrected chi connectivity index (χ3v) is 7.32.